The highest BCUT2D eigenvalue weighted by molar-refractivity contribution is 7.15. The van der Waals surface area contributed by atoms with E-state index in [9.17, 15) is 19.7 Å². The highest BCUT2D eigenvalue weighted by Gasteiger charge is 2.24. The third-order valence-corrected chi connectivity index (χ3v) is 5.48. The number of aryl methyl sites for hydroxylation is 1. The summed E-state index contributed by atoms with van der Waals surface area (Å²) in [4.78, 5) is 35.6. The summed E-state index contributed by atoms with van der Waals surface area (Å²) in [6, 6.07) is 11.2. The lowest BCUT2D eigenvalue weighted by molar-refractivity contribution is -0.384. The molecule has 0 saturated heterocycles. The van der Waals surface area contributed by atoms with Crippen LogP contribution < -0.4 is 5.32 Å². The van der Waals surface area contributed by atoms with Crippen molar-refractivity contribution in [2.75, 3.05) is 11.9 Å². The van der Waals surface area contributed by atoms with Gasteiger partial charge in [-0.3, -0.25) is 14.9 Å². The van der Waals surface area contributed by atoms with Gasteiger partial charge in [-0.1, -0.05) is 41.4 Å². The third-order valence-electron chi connectivity index (χ3n) is 4.27. The van der Waals surface area contributed by atoms with E-state index in [1.165, 1.54) is 23.5 Å². The van der Waals surface area contributed by atoms with Gasteiger partial charge < -0.3 is 10.1 Å². The molecule has 1 heterocycles. The number of ether oxygens (including phenoxy) is 1. The molecular formula is C21H17ClN2O5S. The predicted molar refractivity (Wildman–Crippen MR) is 117 cm³/mol. The molecule has 0 saturated carbocycles. The summed E-state index contributed by atoms with van der Waals surface area (Å²) in [6.45, 7) is 3.84. The number of thiophene rings is 1. The van der Waals surface area contributed by atoms with Crippen LogP contribution in [0.1, 0.15) is 33.2 Å². The molecule has 3 rings (SSSR count). The molecule has 0 unspecified atom stereocenters. The van der Waals surface area contributed by atoms with Crippen molar-refractivity contribution in [3.63, 3.8) is 0 Å². The second-order valence-electron chi connectivity index (χ2n) is 6.32. The molecule has 1 aromatic heterocycles. The summed E-state index contributed by atoms with van der Waals surface area (Å²) in [7, 11) is 0. The summed E-state index contributed by atoms with van der Waals surface area (Å²) < 4.78 is 5.18. The van der Waals surface area contributed by atoms with Gasteiger partial charge in [-0.25, -0.2) is 4.79 Å². The van der Waals surface area contributed by atoms with Crippen LogP contribution in [0.3, 0.4) is 0 Å². The molecule has 1 N–H and O–H groups in total. The van der Waals surface area contributed by atoms with Crippen LogP contribution in [0, 0.1) is 17.0 Å². The Balaban J connectivity index is 1.97. The van der Waals surface area contributed by atoms with Gasteiger partial charge in [-0.15, -0.1) is 11.3 Å². The molecule has 7 nitrogen and oxygen atoms in total. The monoisotopic (exact) mass is 444 g/mol. The summed E-state index contributed by atoms with van der Waals surface area (Å²) >= 11 is 7.23. The quantitative estimate of drug-likeness (QED) is 0.298. The van der Waals surface area contributed by atoms with Crippen molar-refractivity contribution in [3.05, 3.63) is 79.7 Å². The van der Waals surface area contributed by atoms with Crippen LogP contribution in [0.25, 0.3) is 11.1 Å². The number of esters is 1. The first-order chi connectivity index (χ1) is 14.3. The van der Waals surface area contributed by atoms with E-state index in [2.05, 4.69) is 5.32 Å². The number of nitro benzene ring substituents is 1. The maximum atomic E-state index is 12.7. The van der Waals surface area contributed by atoms with Gasteiger partial charge in [0.05, 0.1) is 22.1 Å². The molecule has 9 heteroatoms. The second kappa shape index (κ2) is 9.06. The fourth-order valence-electron chi connectivity index (χ4n) is 2.77. The van der Waals surface area contributed by atoms with Gasteiger partial charge in [0.2, 0.25) is 0 Å². The molecule has 0 radical (unpaired) electrons. The number of non-ortho nitro benzene ring substituents is 1. The fourth-order valence-corrected chi connectivity index (χ4v) is 3.99. The molecule has 0 aliphatic heterocycles. The maximum Gasteiger partial charge on any atom is 0.341 e. The number of rotatable bonds is 6. The predicted octanol–water partition coefficient (Wildman–Crippen LogP) is 5.71. The normalized spacial score (nSPS) is 10.5. The van der Waals surface area contributed by atoms with Gasteiger partial charge in [0.1, 0.15) is 10.6 Å². The number of nitrogens with one attached hydrogen (secondary N) is 1. The number of halogens is 1. The summed E-state index contributed by atoms with van der Waals surface area (Å²) in [6.07, 6.45) is 0. The molecule has 30 heavy (non-hydrogen) atoms. The number of hydrogen-bond donors (Lipinski definition) is 1. The van der Waals surface area contributed by atoms with E-state index < -0.39 is 16.8 Å². The second-order valence-corrected chi connectivity index (χ2v) is 7.60. The lowest BCUT2D eigenvalue weighted by Crippen LogP contribution is -2.15. The number of carbonyl (C=O) groups excluding carboxylic acids is 2. The first kappa shape index (κ1) is 21.5. The molecule has 0 fully saturated rings. The van der Waals surface area contributed by atoms with E-state index in [0.717, 1.165) is 17.2 Å². The number of nitrogens with zero attached hydrogens (tertiary/aromatic N) is 1. The minimum atomic E-state index is -0.598. The van der Waals surface area contributed by atoms with E-state index in [1.54, 1.807) is 12.3 Å². The van der Waals surface area contributed by atoms with Crippen molar-refractivity contribution >= 4 is 45.5 Å². The van der Waals surface area contributed by atoms with E-state index in [-0.39, 0.29) is 28.4 Å². The zero-order valence-electron chi connectivity index (χ0n) is 16.1. The Bertz CT molecular complexity index is 1120. The average molecular weight is 445 g/mol. The SMILES string of the molecule is CCOC(=O)c1c(-c2ccc(C)cc2)csc1NC(=O)c1ccc([N+](=O)[O-])cc1Cl. The van der Waals surface area contributed by atoms with Gasteiger partial charge in [0.15, 0.2) is 0 Å². The minimum Gasteiger partial charge on any atom is -0.462 e. The summed E-state index contributed by atoms with van der Waals surface area (Å²) in [5.41, 5.74) is 2.62. The van der Waals surface area contributed by atoms with Crippen molar-refractivity contribution in [2.45, 2.75) is 13.8 Å². The van der Waals surface area contributed by atoms with Crippen LogP contribution in [0.5, 0.6) is 0 Å². The van der Waals surface area contributed by atoms with E-state index in [1.807, 2.05) is 31.2 Å². The number of amides is 1. The van der Waals surface area contributed by atoms with Gasteiger partial charge >= 0.3 is 5.97 Å². The molecular weight excluding hydrogens is 428 g/mol. The molecule has 0 aliphatic rings. The van der Waals surface area contributed by atoms with E-state index in [0.29, 0.717) is 10.6 Å². The first-order valence-corrected chi connectivity index (χ1v) is 10.2. The van der Waals surface area contributed by atoms with Crippen LogP contribution in [0.15, 0.2) is 47.8 Å². The first-order valence-electron chi connectivity index (χ1n) is 8.92. The number of hydrogen-bond acceptors (Lipinski definition) is 6. The Morgan fingerprint density at radius 1 is 1.20 bits per heavy atom. The van der Waals surface area contributed by atoms with Crippen LogP contribution in [0.2, 0.25) is 5.02 Å². The van der Waals surface area contributed by atoms with Crippen molar-refractivity contribution in [1.29, 1.82) is 0 Å². The Labute approximate surface area is 181 Å². The highest BCUT2D eigenvalue weighted by Crippen LogP contribution is 2.37. The summed E-state index contributed by atoms with van der Waals surface area (Å²) in [5, 5.41) is 15.6. The topological polar surface area (TPSA) is 98.5 Å². The maximum absolute atomic E-state index is 12.7. The van der Waals surface area contributed by atoms with Crippen LogP contribution in [0.4, 0.5) is 10.7 Å². The molecule has 0 aliphatic carbocycles. The van der Waals surface area contributed by atoms with E-state index >= 15 is 0 Å². The van der Waals surface area contributed by atoms with Crippen LogP contribution in [-0.2, 0) is 4.74 Å². The lowest BCUT2D eigenvalue weighted by Gasteiger charge is -2.10. The molecule has 0 bridgehead atoms. The highest BCUT2D eigenvalue weighted by atomic mass is 35.5. The number of benzene rings is 2. The smallest absolute Gasteiger partial charge is 0.341 e. The largest absolute Gasteiger partial charge is 0.462 e. The van der Waals surface area contributed by atoms with Gasteiger partial charge in [0.25, 0.3) is 11.6 Å². The van der Waals surface area contributed by atoms with Crippen molar-refractivity contribution in [3.8, 4) is 11.1 Å². The third kappa shape index (κ3) is 4.50. The Morgan fingerprint density at radius 3 is 2.50 bits per heavy atom. The molecule has 2 aromatic carbocycles. The Hall–Kier alpha value is -3.23. The number of carbonyl (C=O) groups is 2. The number of anilines is 1. The van der Waals surface area contributed by atoms with Crippen LogP contribution in [-0.4, -0.2) is 23.4 Å². The van der Waals surface area contributed by atoms with E-state index in [4.69, 9.17) is 16.3 Å². The molecule has 154 valence electrons. The molecule has 0 atom stereocenters. The number of nitro groups is 1. The van der Waals surface area contributed by atoms with Gasteiger partial charge in [0, 0.05) is 23.1 Å². The molecule has 3 aromatic rings. The average Bonchev–Trinajstić information content (AvgIpc) is 3.12. The zero-order valence-corrected chi connectivity index (χ0v) is 17.7. The standard InChI is InChI=1S/C21H17ClN2O5S/c1-3-29-21(26)18-16(13-6-4-12(2)5-7-13)11-30-20(18)23-19(25)15-9-8-14(24(27)28)10-17(15)22/h4-11H,3H2,1-2H3,(H,23,25). The minimum absolute atomic E-state index is 0.0577. The fraction of sp³-hybridized carbons (Fsp3) is 0.143. The Morgan fingerprint density at radius 2 is 1.90 bits per heavy atom. The van der Waals surface area contributed by atoms with Crippen LogP contribution >= 0.6 is 22.9 Å². The van der Waals surface area contributed by atoms with Crippen molar-refractivity contribution < 1.29 is 19.2 Å². The van der Waals surface area contributed by atoms with Gasteiger partial charge in [-0.05, 0) is 25.5 Å². The van der Waals surface area contributed by atoms with Crippen molar-refractivity contribution in [1.82, 2.24) is 0 Å². The molecule has 1 amide bonds. The molecule has 0 spiro atoms. The van der Waals surface area contributed by atoms with Crippen molar-refractivity contribution in [2.24, 2.45) is 0 Å². The Kier molecular flexibility index (Phi) is 6.49. The summed E-state index contributed by atoms with van der Waals surface area (Å²) in [5.74, 6) is -1.14. The lowest BCUT2D eigenvalue weighted by atomic mass is 10.0. The zero-order chi connectivity index (χ0) is 21.8. The van der Waals surface area contributed by atoms with Gasteiger partial charge in [-0.2, -0.15) is 0 Å².